The van der Waals surface area contributed by atoms with Gasteiger partial charge in [0, 0.05) is 0 Å². The molecule has 0 radical (unpaired) electrons. The molecule has 0 aliphatic heterocycles. The van der Waals surface area contributed by atoms with Gasteiger partial charge in [0.05, 0.1) is 0 Å². The Morgan fingerprint density at radius 3 is 1.67 bits per heavy atom. The van der Waals surface area contributed by atoms with Crippen molar-refractivity contribution in [3.05, 3.63) is 60.2 Å². The highest BCUT2D eigenvalue weighted by Gasteiger charge is 2.62. The molecule has 0 fully saturated rings. The van der Waals surface area contributed by atoms with Gasteiger partial charge in [0.25, 0.3) is 0 Å². The second-order valence-electron chi connectivity index (χ2n) is 4.47. The average Bonchev–Trinajstić information content (AvgIpc) is 2.46. The van der Waals surface area contributed by atoms with E-state index in [0.29, 0.717) is 5.56 Å². The van der Waals surface area contributed by atoms with Gasteiger partial charge in [0.1, 0.15) is 5.38 Å². The number of hydrogen-bond donors (Lipinski definition) is 0. The second-order valence-corrected chi connectivity index (χ2v) is 4.91. The van der Waals surface area contributed by atoms with Gasteiger partial charge in [-0.25, -0.2) is 0 Å². The van der Waals surface area contributed by atoms with Crippen molar-refractivity contribution in [2.75, 3.05) is 0 Å². The van der Waals surface area contributed by atoms with Crippen LogP contribution in [0.3, 0.4) is 0 Å². The molecule has 2 rings (SSSR count). The molecule has 0 N–H and O–H groups in total. The van der Waals surface area contributed by atoms with Crippen molar-refractivity contribution >= 4 is 11.6 Å². The van der Waals surface area contributed by atoms with E-state index in [2.05, 4.69) is 0 Å². The van der Waals surface area contributed by atoms with Gasteiger partial charge in [-0.2, -0.15) is 22.0 Å². The molecule has 0 spiro atoms. The first-order chi connectivity index (χ1) is 9.73. The summed E-state index contributed by atoms with van der Waals surface area (Å²) in [4.78, 5) is 0. The number of halogens is 6. The lowest BCUT2D eigenvalue weighted by Crippen LogP contribution is -2.40. The summed E-state index contributed by atoms with van der Waals surface area (Å²) in [7, 11) is 0. The molecule has 2 aromatic carbocycles. The maximum Gasteiger partial charge on any atom is 0.455 e. The zero-order valence-corrected chi connectivity index (χ0v) is 11.3. The lowest BCUT2D eigenvalue weighted by atomic mass is 10.0. The molecule has 0 aliphatic rings. The van der Waals surface area contributed by atoms with Gasteiger partial charge in [-0.15, -0.1) is 11.6 Å². The molecule has 6 heteroatoms. The molecule has 1 unspecified atom stereocenters. The van der Waals surface area contributed by atoms with Gasteiger partial charge in [-0.1, -0.05) is 54.6 Å². The van der Waals surface area contributed by atoms with E-state index < -0.39 is 17.5 Å². The fraction of sp³-hybridized carbons (Fsp3) is 0.200. The van der Waals surface area contributed by atoms with E-state index in [0.717, 1.165) is 5.56 Å². The quantitative estimate of drug-likeness (QED) is 0.493. The standard InChI is InChI=1S/C15H10ClF5/c16-13(14(17,18)15(19,20)21)12-8-6-11(7-9-12)10-4-2-1-3-5-10/h1-9,13H. The minimum absolute atomic E-state index is 0.279. The van der Waals surface area contributed by atoms with Crippen LogP contribution < -0.4 is 0 Å². The van der Waals surface area contributed by atoms with E-state index in [9.17, 15) is 22.0 Å². The van der Waals surface area contributed by atoms with Crippen LogP contribution in [0.4, 0.5) is 22.0 Å². The molecule has 112 valence electrons. The highest BCUT2D eigenvalue weighted by Crippen LogP contribution is 2.47. The Bertz CT molecular complexity index is 590. The van der Waals surface area contributed by atoms with E-state index in [1.54, 1.807) is 24.3 Å². The Labute approximate surface area is 123 Å². The van der Waals surface area contributed by atoms with Crippen molar-refractivity contribution in [2.24, 2.45) is 0 Å². The van der Waals surface area contributed by atoms with Crippen LogP contribution in [0.1, 0.15) is 10.9 Å². The van der Waals surface area contributed by atoms with Crippen molar-refractivity contribution in [2.45, 2.75) is 17.5 Å². The molecule has 0 saturated carbocycles. The average molecular weight is 321 g/mol. The summed E-state index contributed by atoms with van der Waals surface area (Å²) in [5.74, 6) is -4.98. The Hall–Kier alpha value is -1.62. The summed E-state index contributed by atoms with van der Waals surface area (Å²) in [6.07, 6.45) is -5.68. The molecule has 0 saturated heterocycles. The lowest BCUT2D eigenvalue weighted by Gasteiger charge is -2.24. The molecule has 0 heterocycles. The minimum atomic E-state index is -5.68. The molecule has 21 heavy (non-hydrogen) atoms. The Morgan fingerprint density at radius 2 is 1.19 bits per heavy atom. The molecule has 0 aliphatic carbocycles. The van der Waals surface area contributed by atoms with Crippen molar-refractivity contribution in [1.29, 1.82) is 0 Å². The van der Waals surface area contributed by atoms with E-state index in [-0.39, 0.29) is 5.56 Å². The highest BCUT2D eigenvalue weighted by atomic mass is 35.5. The topological polar surface area (TPSA) is 0 Å². The van der Waals surface area contributed by atoms with E-state index in [4.69, 9.17) is 11.6 Å². The Kier molecular flexibility index (Phi) is 4.23. The SMILES string of the molecule is FC(F)(F)C(F)(F)C(Cl)c1ccc(-c2ccccc2)cc1. The summed E-state index contributed by atoms with van der Waals surface area (Å²) in [6, 6.07) is 14.3. The molecular formula is C15H10ClF5. The molecule has 1 atom stereocenters. The summed E-state index contributed by atoms with van der Waals surface area (Å²) in [5, 5.41) is -2.46. The first-order valence-corrected chi connectivity index (χ1v) is 6.41. The summed E-state index contributed by atoms with van der Waals surface area (Å²) in [6.45, 7) is 0. The van der Waals surface area contributed by atoms with Crippen molar-refractivity contribution in [3.63, 3.8) is 0 Å². The normalized spacial score (nSPS) is 14.0. The Morgan fingerprint density at radius 1 is 0.714 bits per heavy atom. The predicted molar refractivity (Wildman–Crippen MR) is 71.5 cm³/mol. The summed E-state index contributed by atoms with van der Waals surface area (Å²) in [5.41, 5.74) is 1.26. The second kappa shape index (κ2) is 5.64. The smallest absolute Gasteiger partial charge is 0.194 e. The third-order valence-electron chi connectivity index (χ3n) is 3.01. The minimum Gasteiger partial charge on any atom is -0.194 e. The van der Waals surface area contributed by atoms with Crippen LogP contribution in [0, 0.1) is 0 Å². The third-order valence-corrected chi connectivity index (χ3v) is 3.53. The zero-order chi connectivity index (χ0) is 15.7. The fourth-order valence-corrected chi connectivity index (χ4v) is 2.10. The van der Waals surface area contributed by atoms with Crippen molar-refractivity contribution in [1.82, 2.24) is 0 Å². The van der Waals surface area contributed by atoms with Crippen LogP contribution >= 0.6 is 11.6 Å². The van der Waals surface area contributed by atoms with Crippen LogP contribution in [-0.4, -0.2) is 12.1 Å². The zero-order valence-electron chi connectivity index (χ0n) is 10.5. The first-order valence-electron chi connectivity index (χ1n) is 5.97. The first kappa shape index (κ1) is 15.8. The van der Waals surface area contributed by atoms with Gasteiger partial charge < -0.3 is 0 Å². The van der Waals surface area contributed by atoms with Crippen molar-refractivity contribution in [3.8, 4) is 11.1 Å². The van der Waals surface area contributed by atoms with Crippen LogP contribution in [0.15, 0.2) is 54.6 Å². The number of alkyl halides is 6. The number of rotatable bonds is 3. The molecule has 0 amide bonds. The van der Waals surface area contributed by atoms with Gasteiger partial charge in [0.15, 0.2) is 0 Å². The maximum atomic E-state index is 13.2. The van der Waals surface area contributed by atoms with Gasteiger partial charge in [-0.3, -0.25) is 0 Å². The van der Waals surface area contributed by atoms with Gasteiger partial charge in [0.2, 0.25) is 0 Å². The van der Waals surface area contributed by atoms with E-state index in [1.807, 2.05) is 6.07 Å². The van der Waals surface area contributed by atoms with Crippen molar-refractivity contribution < 1.29 is 22.0 Å². The van der Waals surface area contributed by atoms with Crippen LogP contribution in [0.2, 0.25) is 0 Å². The van der Waals surface area contributed by atoms with Crippen LogP contribution in [-0.2, 0) is 0 Å². The lowest BCUT2D eigenvalue weighted by molar-refractivity contribution is -0.283. The monoisotopic (exact) mass is 320 g/mol. The van der Waals surface area contributed by atoms with E-state index >= 15 is 0 Å². The highest BCUT2D eigenvalue weighted by molar-refractivity contribution is 6.21. The molecule has 0 aromatic heterocycles. The van der Waals surface area contributed by atoms with Crippen LogP contribution in [0.25, 0.3) is 11.1 Å². The molecule has 0 nitrogen and oxygen atoms in total. The maximum absolute atomic E-state index is 13.2. The summed E-state index contributed by atoms with van der Waals surface area (Å²) >= 11 is 5.31. The predicted octanol–water partition coefficient (Wildman–Crippen LogP) is 5.83. The number of benzene rings is 2. The third kappa shape index (κ3) is 3.18. The molecule has 0 bridgehead atoms. The van der Waals surface area contributed by atoms with Crippen LogP contribution in [0.5, 0.6) is 0 Å². The Balaban J connectivity index is 2.27. The van der Waals surface area contributed by atoms with Gasteiger partial charge in [-0.05, 0) is 16.7 Å². The largest absolute Gasteiger partial charge is 0.455 e. The molecular weight excluding hydrogens is 311 g/mol. The summed E-state index contributed by atoms with van der Waals surface area (Å²) < 4.78 is 63.2. The number of hydrogen-bond acceptors (Lipinski definition) is 0. The fourth-order valence-electron chi connectivity index (χ4n) is 1.83. The van der Waals surface area contributed by atoms with Gasteiger partial charge >= 0.3 is 12.1 Å². The van der Waals surface area contributed by atoms with E-state index in [1.165, 1.54) is 24.3 Å². The molecule has 2 aromatic rings.